The first-order valence-corrected chi connectivity index (χ1v) is 14.3. The Bertz CT molecular complexity index is 1670. The average Bonchev–Trinajstić information content (AvgIpc) is 3.59. The number of aromatic nitrogens is 1. The van der Waals surface area contributed by atoms with Gasteiger partial charge >= 0.3 is 219 Å². The predicted octanol–water partition coefficient (Wildman–Crippen LogP) is 6.93. The van der Waals surface area contributed by atoms with Crippen LogP contribution in [-0.4, -0.2) is 31.1 Å². The van der Waals surface area contributed by atoms with Gasteiger partial charge in [0, 0.05) is 0 Å². The van der Waals surface area contributed by atoms with Crippen LogP contribution in [0.2, 0.25) is 0 Å². The van der Waals surface area contributed by atoms with E-state index in [9.17, 15) is 9.59 Å². The van der Waals surface area contributed by atoms with E-state index in [2.05, 4.69) is 55.1 Å². The van der Waals surface area contributed by atoms with Gasteiger partial charge in [0.15, 0.2) is 0 Å². The summed E-state index contributed by atoms with van der Waals surface area (Å²) in [5.74, 6) is 0.590. The van der Waals surface area contributed by atoms with Gasteiger partial charge in [0.25, 0.3) is 0 Å². The van der Waals surface area contributed by atoms with Crippen LogP contribution in [-0.2, 0) is 5.41 Å². The van der Waals surface area contributed by atoms with Crippen molar-refractivity contribution in [3.8, 4) is 0 Å². The second-order valence-electron chi connectivity index (χ2n) is 9.64. The quantitative estimate of drug-likeness (QED) is 0.136. The van der Waals surface area contributed by atoms with Crippen molar-refractivity contribution in [2.75, 3.05) is 4.90 Å². The van der Waals surface area contributed by atoms with E-state index in [4.69, 9.17) is 4.98 Å². The topological polar surface area (TPSA) is 50.3 Å². The molecule has 0 unspecified atom stereocenters. The zero-order valence-electron chi connectivity index (χ0n) is 19.6. The van der Waals surface area contributed by atoms with Crippen molar-refractivity contribution in [3.05, 3.63) is 110 Å². The zero-order chi connectivity index (χ0) is 24.6. The Hall–Kier alpha value is -3.57. The van der Waals surface area contributed by atoms with E-state index in [-0.39, 0.29) is 37.1 Å². The fourth-order valence-corrected chi connectivity index (χ4v) is 8.14. The van der Waals surface area contributed by atoms with Crippen molar-refractivity contribution >= 4 is 70.3 Å². The van der Waals surface area contributed by atoms with Gasteiger partial charge in [-0.3, -0.25) is 0 Å². The maximum absolute atomic E-state index is 13.2. The SMILES string of the molecule is CC1(C)c2ccccc2N(c2ccc(C=C3C(=O)c4cc5cscc5cc4C3=O)[se]2)c2ncccc21. The number of rotatable bonds is 2. The number of hydrogen-bond donors (Lipinski definition) is 0. The normalized spacial score (nSPS) is 15.7. The van der Waals surface area contributed by atoms with E-state index >= 15 is 0 Å². The Balaban J connectivity index is 1.32. The van der Waals surface area contributed by atoms with Crippen LogP contribution in [0.15, 0.2) is 83.2 Å². The standard InChI is InChI=1S/C30H20N2O2SSe/c1-30(2)23-6-3-4-8-25(23)32(29-24(30)7-5-11-31-29)26-10-9-19(36-26)14-22-27(33)20-12-17-15-35-16-18(17)13-21(20)28(22)34/h3-16H,1-2H3. The Morgan fingerprint density at radius 1 is 0.889 bits per heavy atom. The van der Waals surface area contributed by atoms with Gasteiger partial charge in [-0.05, 0) is 0 Å². The summed E-state index contributed by atoms with van der Waals surface area (Å²) in [6, 6.07) is 20.5. The summed E-state index contributed by atoms with van der Waals surface area (Å²) < 4.78 is 2.14. The monoisotopic (exact) mass is 552 g/mol. The Kier molecular flexibility index (Phi) is 4.65. The molecule has 1 aliphatic carbocycles. The van der Waals surface area contributed by atoms with Gasteiger partial charge < -0.3 is 0 Å². The Morgan fingerprint density at radius 3 is 2.33 bits per heavy atom. The number of carbonyl (C=O) groups excluding carboxylic acids is 2. The fourth-order valence-electron chi connectivity index (χ4n) is 5.34. The van der Waals surface area contributed by atoms with Crippen molar-refractivity contribution in [1.82, 2.24) is 4.98 Å². The first-order chi connectivity index (χ1) is 17.4. The summed E-state index contributed by atoms with van der Waals surface area (Å²) in [4.78, 5) is 33.4. The summed E-state index contributed by atoms with van der Waals surface area (Å²) >= 11 is 1.49. The number of benzene rings is 2. The summed E-state index contributed by atoms with van der Waals surface area (Å²) in [6.45, 7) is 4.48. The second kappa shape index (κ2) is 7.71. The summed E-state index contributed by atoms with van der Waals surface area (Å²) in [5.41, 5.74) is 4.70. The van der Waals surface area contributed by atoms with Crippen molar-refractivity contribution < 1.29 is 9.59 Å². The van der Waals surface area contributed by atoms with E-state index in [1.165, 1.54) is 11.1 Å². The van der Waals surface area contributed by atoms with E-state index in [0.29, 0.717) is 11.1 Å². The molecular formula is C30H20N2O2SSe. The zero-order valence-corrected chi connectivity index (χ0v) is 22.1. The molecule has 4 nitrogen and oxygen atoms in total. The molecular weight excluding hydrogens is 531 g/mol. The van der Waals surface area contributed by atoms with Gasteiger partial charge in [-0.1, -0.05) is 0 Å². The van der Waals surface area contributed by atoms with Gasteiger partial charge in [0.1, 0.15) is 0 Å². The maximum atomic E-state index is 13.2. The molecule has 5 aromatic rings. The van der Waals surface area contributed by atoms with E-state index in [0.717, 1.165) is 31.3 Å². The number of nitrogens with zero attached hydrogens (tertiary/aromatic N) is 2. The second-order valence-corrected chi connectivity index (χ2v) is 12.7. The van der Waals surface area contributed by atoms with Gasteiger partial charge in [-0.25, -0.2) is 0 Å². The van der Waals surface area contributed by atoms with Crippen molar-refractivity contribution in [2.45, 2.75) is 19.3 Å². The van der Waals surface area contributed by atoms with Gasteiger partial charge in [-0.2, -0.15) is 0 Å². The first-order valence-electron chi connectivity index (χ1n) is 11.7. The van der Waals surface area contributed by atoms with E-state index < -0.39 is 0 Å². The number of Topliss-reactive ketones (excluding diaryl/α,β-unsaturated/α-hetero) is 2. The van der Waals surface area contributed by atoms with Crippen LogP contribution in [0.4, 0.5) is 16.1 Å². The first kappa shape index (κ1) is 21.7. The fraction of sp³-hybridized carbons (Fsp3) is 0.100. The van der Waals surface area contributed by atoms with Crippen LogP contribution in [0.3, 0.4) is 0 Å². The number of ketones is 2. The molecule has 0 saturated carbocycles. The van der Waals surface area contributed by atoms with Crippen LogP contribution in [0.25, 0.3) is 16.8 Å². The Morgan fingerprint density at radius 2 is 1.58 bits per heavy atom. The van der Waals surface area contributed by atoms with Crippen LogP contribution in [0.1, 0.15) is 50.1 Å². The van der Waals surface area contributed by atoms with Crippen molar-refractivity contribution in [1.29, 1.82) is 0 Å². The molecule has 6 heteroatoms. The molecule has 0 N–H and O–H groups in total. The van der Waals surface area contributed by atoms with Gasteiger partial charge in [0.2, 0.25) is 0 Å². The third-order valence-electron chi connectivity index (χ3n) is 7.20. The predicted molar refractivity (Wildman–Crippen MR) is 146 cm³/mol. The third kappa shape index (κ3) is 3.02. The molecule has 36 heavy (non-hydrogen) atoms. The molecule has 2 aliphatic rings. The third-order valence-corrected chi connectivity index (χ3v) is 10.1. The van der Waals surface area contributed by atoms with Crippen LogP contribution >= 0.6 is 11.3 Å². The summed E-state index contributed by atoms with van der Waals surface area (Å²) in [6.07, 6.45) is 3.65. The summed E-state index contributed by atoms with van der Waals surface area (Å²) in [5, 5.41) is 6.04. The minimum absolute atomic E-state index is 0.0916. The Labute approximate surface area is 218 Å². The molecule has 3 aromatic heterocycles. The number of fused-ring (bicyclic) bond motifs is 4. The van der Waals surface area contributed by atoms with E-state index in [1.807, 2.05) is 41.2 Å². The number of hydrogen-bond acceptors (Lipinski definition) is 5. The number of anilines is 3. The van der Waals surface area contributed by atoms with Crippen molar-refractivity contribution in [3.63, 3.8) is 0 Å². The van der Waals surface area contributed by atoms with Crippen molar-refractivity contribution in [2.24, 2.45) is 0 Å². The average molecular weight is 552 g/mol. The number of carbonyl (C=O) groups is 2. The van der Waals surface area contributed by atoms with E-state index in [1.54, 1.807) is 17.4 Å². The number of thiophene rings is 1. The molecule has 0 radical (unpaired) electrons. The number of allylic oxidation sites excluding steroid dienone is 1. The van der Waals surface area contributed by atoms with Gasteiger partial charge in [0.05, 0.1) is 0 Å². The van der Waals surface area contributed by atoms with Crippen LogP contribution in [0, 0.1) is 0 Å². The minimum atomic E-state index is -0.176. The molecule has 0 amide bonds. The van der Waals surface area contributed by atoms with Crippen LogP contribution < -0.4 is 4.90 Å². The number of para-hydroxylation sites is 1. The molecule has 0 fully saturated rings. The molecule has 4 heterocycles. The molecule has 0 bridgehead atoms. The number of pyridine rings is 1. The molecule has 7 rings (SSSR count). The molecule has 1 aliphatic heterocycles. The molecule has 0 spiro atoms. The molecule has 174 valence electrons. The summed E-state index contributed by atoms with van der Waals surface area (Å²) in [7, 11) is 0. The van der Waals surface area contributed by atoms with Gasteiger partial charge in [-0.15, -0.1) is 0 Å². The molecule has 2 aromatic carbocycles. The molecule has 0 atom stereocenters. The van der Waals surface area contributed by atoms with Crippen LogP contribution in [0.5, 0.6) is 0 Å². The molecule has 0 saturated heterocycles.